The zero-order valence-electron chi connectivity index (χ0n) is 11.6. The van der Waals surface area contributed by atoms with E-state index < -0.39 is 10.0 Å². The molecular formula is C14H14N2O2S3. The molecule has 0 bridgehead atoms. The van der Waals surface area contributed by atoms with Crippen molar-refractivity contribution in [2.75, 3.05) is 0 Å². The lowest BCUT2D eigenvalue weighted by atomic mass is 10.2. The molecule has 7 heteroatoms. The van der Waals surface area contributed by atoms with E-state index in [2.05, 4.69) is 23.5 Å². The molecule has 4 nitrogen and oxygen atoms in total. The third kappa shape index (κ3) is 2.68. The second-order valence-corrected chi connectivity index (χ2v) is 8.39. The van der Waals surface area contributed by atoms with E-state index in [1.807, 2.05) is 17.7 Å². The molecule has 0 atom stereocenters. The van der Waals surface area contributed by atoms with Crippen LogP contribution in [0.2, 0.25) is 0 Å². The van der Waals surface area contributed by atoms with E-state index in [0.717, 1.165) is 16.6 Å². The number of fused-ring (bicyclic) bond motifs is 1. The Hall–Kier alpha value is -1.44. The standard InChI is InChI=1S/C14H14N2O2S3/c1-3-10-6-7-11-12(9-10)20-14(16(11)2)15-21(17,18)13-5-4-8-19-13/h4-9H,3H2,1-2H3/b15-14-. The summed E-state index contributed by atoms with van der Waals surface area (Å²) >= 11 is 2.58. The van der Waals surface area contributed by atoms with Gasteiger partial charge in [0, 0.05) is 7.05 Å². The highest BCUT2D eigenvalue weighted by Gasteiger charge is 2.14. The maximum atomic E-state index is 12.3. The normalized spacial score (nSPS) is 13.1. The van der Waals surface area contributed by atoms with Crippen LogP contribution in [0.4, 0.5) is 0 Å². The lowest BCUT2D eigenvalue weighted by Crippen LogP contribution is -2.13. The van der Waals surface area contributed by atoms with Crippen LogP contribution >= 0.6 is 22.7 Å². The highest BCUT2D eigenvalue weighted by molar-refractivity contribution is 7.92. The van der Waals surface area contributed by atoms with Crippen molar-refractivity contribution in [2.45, 2.75) is 17.6 Å². The van der Waals surface area contributed by atoms with Gasteiger partial charge in [-0.25, -0.2) is 0 Å². The summed E-state index contributed by atoms with van der Waals surface area (Å²) in [6.45, 7) is 2.10. The first-order chi connectivity index (χ1) is 10.0. The Labute approximate surface area is 131 Å². The number of nitrogens with zero attached hydrogens (tertiary/aromatic N) is 2. The predicted molar refractivity (Wildman–Crippen MR) is 87.2 cm³/mol. The van der Waals surface area contributed by atoms with Crippen LogP contribution in [0.3, 0.4) is 0 Å². The molecule has 3 rings (SSSR count). The number of hydrogen-bond acceptors (Lipinski definition) is 4. The number of sulfonamides is 1. The Bertz CT molecular complexity index is 948. The van der Waals surface area contributed by atoms with Crippen LogP contribution in [-0.2, 0) is 23.5 Å². The molecule has 3 aromatic rings. The maximum absolute atomic E-state index is 12.3. The fourth-order valence-electron chi connectivity index (χ4n) is 2.05. The van der Waals surface area contributed by atoms with Gasteiger partial charge in [-0.1, -0.05) is 30.4 Å². The minimum absolute atomic E-state index is 0.272. The molecule has 0 N–H and O–H groups in total. The van der Waals surface area contributed by atoms with E-state index in [9.17, 15) is 8.42 Å². The van der Waals surface area contributed by atoms with Crippen LogP contribution in [0.25, 0.3) is 10.2 Å². The van der Waals surface area contributed by atoms with E-state index in [0.29, 0.717) is 4.80 Å². The van der Waals surface area contributed by atoms with E-state index in [-0.39, 0.29) is 4.21 Å². The van der Waals surface area contributed by atoms with Crippen molar-refractivity contribution < 1.29 is 8.42 Å². The van der Waals surface area contributed by atoms with Crippen molar-refractivity contribution >= 4 is 42.9 Å². The van der Waals surface area contributed by atoms with Crippen LogP contribution < -0.4 is 4.80 Å². The van der Waals surface area contributed by atoms with Gasteiger partial charge in [0.2, 0.25) is 4.80 Å². The van der Waals surface area contributed by atoms with Crippen molar-refractivity contribution in [3.05, 3.63) is 46.1 Å². The molecule has 0 saturated heterocycles. The summed E-state index contributed by atoms with van der Waals surface area (Å²) in [4.78, 5) is 0.492. The number of thiazole rings is 1. The number of rotatable bonds is 3. The summed E-state index contributed by atoms with van der Waals surface area (Å²) in [5, 5.41) is 1.74. The summed E-state index contributed by atoms with van der Waals surface area (Å²) in [5.41, 5.74) is 2.23. The topological polar surface area (TPSA) is 51.4 Å². The first kappa shape index (κ1) is 14.5. The van der Waals surface area contributed by atoms with Gasteiger partial charge in [-0.15, -0.1) is 15.7 Å². The quantitative estimate of drug-likeness (QED) is 0.736. The van der Waals surface area contributed by atoms with Gasteiger partial charge in [-0.3, -0.25) is 0 Å². The smallest absolute Gasteiger partial charge is 0.294 e. The van der Waals surface area contributed by atoms with Gasteiger partial charge in [0.05, 0.1) is 10.2 Å². The number of benzene rings is 1. The molecule has 0 aliphatic heterocycles. The van der Waals surface area contributed by atoms with Gasteiger partial charge in [0.1, 0.15) is 4.21 Å². The van der Waals surface area contributed by atoms with Crippen molar-refractivity contribution in [3.8, 4) is 0 Å². The molecule has 0 spiro atoms. The Kier molecular flexibility index (Phi) is 3.73. The zero-order valence-corrected chi connectivity index (χ0v) is 14.1. The molecule has 2 heterocycles. The Morgan fingerprint density at radius 3 is 2.76 bits per heavy atom. The SMILES string of the molecule is CCc1ccc2c(c1)s/c(=N\S(=O)(=O)c1cccs1)n2C. The summed E-state index contributed by atoms with van der Waals surface area (Å²) in [7, 11) is -1.78. The number of aryl methyl sites for hydroxylation is 2. The molecule has 110 valence electrons. The highest BCUT2D eigenvalue weighted by Crippen LogP contribution is 2.21. The van der Waals surface area contributed by atoms with Crippen LogP contribution in [-0.4, -0.2) is 13.0 Å². The predicted octanol–water partition coefficient (Wildman–Crippen LogP) is 3.15. The van der Waals surface area contributed by atoms with Crippen molar-refractivity contribution in [1.82, 2.24) is 4.57 Å². The van der Waals surface area contributed by atoms with Gasteiger partial charge in [0.15, 0.2) is 0 Å². The molecule has 0 amide bonds. The lowest BCUT2D eigenvalue weighted by Gasteiger charge is -1.98. The molecule has 0 radical (unpaired) electrons. The molecule has 0 aliphatic carbocycles. The number of aromatic nitrogens is 1. The molecule has 21 heavy (non-hydrogen) atoms. The Balaban J connectivity index is 2.21. The van der Waals surface area contributed by atoms with Crippen molar-refractivity contribution in [3.63, 3.8) is 0 Å². The van der Waals surface area contributed by atoms with Crippen LogP contribution in [0.15, 0.2) is 44.3 Å². The molecule has 2 aromatic heterocycles. The monoisotopic (exact) mass is 338 g/mol. The summed E-state index contributed by atoms with van der Waals surface area (Å²) < 4.78 is 31.6. The van der Waals surface area contributed by atoms with Crippen LogP contribution in [0.5, 0.6) is 0 Å². The van der Waals surface area contributed by atoms with Crippen LogP contribution in [0, 0.1) is 0 Å². The molecule has 0 saturated carbocycles. The minimum atomic E-state index is -3.62. The lowest BCUT2D eigenvalue weighted by molar-refractivity contribution is 0.598. The first-order valence-corrected chi connectivity index (χ1v) is 9.58. The third-order valence-electron chi connectivity index (χ3n) is 3.23. The number of hydrogen-bond donors (Lipinski definition) is 0. The van der Waals surface area contributed by atoms with Gasteiger partial charge in [0.25, 0.3) is 10.0 Å². The van der Waals surface area contributed by atoms with Gasteiger partial charge >= 0.3 is 0 Å². The average molecular weight is 338 g/mol. The van der Waals surface area contributed by atoms with E-state index in [1.165, 1.54) is 28.2 Å². The molecule has 1 aromatic carbocycles. The van der Waals surface area contributed by atoms with Crippen molar-refractivity contribution in [1.29, 1.82) is 0 Å². The van der Waals surface area contributed by atoms with Crippen molar-refractivity contribution in [2.24, 2.45) is 11.4 Å². The van der Waals surface area contributed by atoms with Gasteiger partial charge < -0.3 is 4.57 Å². The summed E-state index contributed by atoms with van der Waals surface area (Å²) in [6.07, 6.45) is 0.956. The zero-order chi connectivity index (χ0) is 15.0. The average Bonchev–Trinajstić information content (AvgIpc) is 3.08. The van der Waals surface area contributed by atoms with Crippen LogP contribution in [0.1, 0.15) is 12.5 Å². The summed E-state index contributed by atoms with van der Waals surface area (Å²) in [5.74, 6) is 0. The molecule has 0 fully saturated rings. The third-order valence-corrected chi connectivity index (χ3v) is 7.08. The summed E-state index contributed by atoms with van der Waals surface area (Å²) in [6, 6.07) is 9.46. The van der Waals surface area contributed by atoms with E-state index >= 15 is 0 Å². The minimum Gasteiger partial charge on any atom is -0.319 e. The molecular weight excluding hydrogens is 324 g/mol. The fraction of sp³-hybridized carbons (Fsp3) is 0.214. The van der Waals surface area contributed by atoms with Gasteiger partial charge in [-0.05, 0) is 35.6 Å². The van der Waals surface area contributed by atoms with E-state index in [4.69, 9.17) is 0 Å². The highest BCUT2D eigenvalue weighted by atomic mass is 32.2. The largest absolute Gasteiger partial charge is 0.319 e. The fourth-order valence-corrected chi connectivity index (χ4v) is 5.32. The van der Waals surface area contributed by atoms with Gasteiger partial charge in [-0.2, -0.15) is 8.42 Å². The van der Waals surface area contributed by atoms with E-state index in [1.54, 1.807) is 17.5 Å². The maximum Gasteiger partial charge on any atom is 0.294 e. The first-order valence-electron chi connectivity index (χ1n) is 6.44. The second-order valence-electron chi connectivity index (χ2n) is 4.60. The Morgan fingerprint density at radius 2 is 2.10 bits per heavy atom. The number of thiophene rings is 1. The molecule has 0 aliphatic rings. The second kappa shape index (κ2) is 5.40. The Morgan fingerprint density at radius 1 is 1.29 bits per heavy atom. The molecule has 0 unspecified atom stereocenters.